The molecule has 0 spiro atoms. The van der Waals surface area contributed by atoms with Gasteiger partial charge in [-0.3, -0.25) is 4.72 Å². The van der Waals surface area contributed by atoms with Gasteiger partial charge in [0.15, 0.2) is 0 Å². The van der Waals surface area contributed by atoms with Gasteiger partial charge in [-0.1, -0.05) is 11.6 Å². The van der Waals surface area contributed by atoms with Crippen LogP contribution in [0.1, 0.15) is 26.3 Å². The maximum Gasteiger partial charge on any atom is 0.237 e. The Labute approximate surface area is 228 Å². The van der Waals surface area contributed by atoms with Crippen LogP contribution in [0.3, 0.4) is 0 Å². The normalized spacial score (nSPS) is 14.9. The first-order valence-electron chi connectivity index (χ1n) is 12.2. The van der Waals surface area contributed by atoms with E-state index in [1.54, 1.807) is 45.2 Å². The third-order valence-electron chi connectivity index (χ3n) is 6.26. The molecule has 0 aliphatic carbocycles. The summed E-state index contributed by atoms with van der Waals surface area (Å²) in [5, 5.41) is 6.57. The predicted octanol–water partition coefficient (Wildman–Crippen LogP) is 5.36. The van der Waals surface area contributed by atoms with Crippen LogP contribution in [0.5, 0.6) is 0 Å². The summed E-state index contributed by atoms with van der Waals surface area (Å²) in [6.45, 7) is 10.1. The van der Waals surface area contributed by atoms with Gasteiger partial charge in [-0.2, -0.15) is 4.98 Å². The predicted molar refractivity (Wildman–Crippen MR) is 153 cm³/mol. The summed E-state index contributed by atoms with van der Waals surface area (Å²) in [7, 11) is -1.59. The molecule has 4 rings (SSSR count). The van der Waals surface area contributed by atoms with Crippen molar-refractivity contribution in [1.82, 2.24) is 14.9 Å². The average Bonchev–Trinajstić information content (AvgIpc) is 2.82. The second-order valence-electron chi connectivity index (χ2n) is 10.4. The Hall–Kier alpha value is -3.15. The topological polar surface area (TPSA) is 102 Å². The van der Waals surface area contributed by atoms with E-state index in [1.165, 1.54) is 12.1 Å². The van der Waals surface area contributed by atoms with Crippen LogP contribution in [0.4, 0.5) is 38.9 Å². The highest BCUT2D eigenvalue weighted by Gasteiger charge is 2.29. The number of hydrogen-bond acceptors (Lipinski definition) is 8. The highest BCUT2D eigenvalue weighted by Crippen LogP contribution is 2.31. The van der Waals surface area contributed by atoms with Gasteiger partial charge in [-0.25, -0.2) is 17.8 Å². The van der Waals surface area contributed by atoms with E-state index in [2.05, 4.69) is 42.2 Å². The lowest BCUT2D eigenvalue weighted by molar-refractivity contribution is 0.313. The number of sulfonamides is 1. The minimum absolute atomic E-state index is 0.257. The Balaban J connectivity index is 1.54. The smallest absolute Gasteiger partial charge is 0.237 e. The molecule has 0 radical (unpaired) electrons. The monoisotopic (exact) mass is 561 g/mol. The Morgan fingerprint density at radius 3 is 2.39 bits per heavy atom. The number of likely N-dealkylation sites (N-methyl/N-ethyl adjacent to an activating group) is 1. The Bertz CT molecular complexity index is 1420. The SMILES string of the molecule is Cc1cnc(Nc2cc(F)cc(N3CCN(C)CC3)c2)nc1Nc1ccc(Cl)c(NS(=O)(=O)C(C)(C)C)c1. The number of nitrogens with one attached hydrogen (secondary N) is 3. The number of rotatable bonds is 7. The number of halogens is 2. The molecule has 3 aromatic rings. The fourth-order valence-corrected chi connectivity index (χ4v) is 4.75. The summed E-state index contributed by atoms with van der Waals surface area (Å²) in [6, 6.07) is 9.76. The molecule has 3 N–H and O–H groups in total. The molecular formula is C26H33ClFN7O2S. The van der Waals surface area contributed by atoms with E-state index in [9.17, 15) is 12.8 Å². The van der Waals surface area contributed by atoms with Gasteiger partial charge in [0.2, 0.25) is 16.0 Å². The van der Waals surface area contributed by atoms with E-state index >= 15 is 0 Å². The molecule has 0 saturated carbocycles. The number of hydrogen-bond donors (Lipinski definition) is 3. The second kappa shape index (κ2) is 10.9. The first kappa shape index (κ1) is 27.9. The molecule has 0 bridgehead atoms. The lowest BCUT2D eigenvalue weighted by atomic mass is 10.2. The zero-order valence-corrected chi connectivity index (χ0v) is 23.7. The zero-order valence-electron chi connectivity index (χ0n) is 22.1. The van der Waals surface area contributed by atoms with Crippen molar-refractivity contribution in [3.8, 4) is 0 Å². The molecule has 12 heteroatoms. The fourth-order valence-electron chi connectivity index (χ4n) is 3.77. The van der Waals surface area contributed by atoms with Crippen molar-refractivity contribution < 1.29 is 12.8 Å². The first-order chi connectivity index (χ1) is 17.8. The van der Waals surface area contributed by atoms with E-state index in [1.807, 2.05) is 13.0 Å². The fraction of sp³-hybridized carbons (Fsp3) is 0.385. The van der Waals surface area contributed by atoms with Gasteiger partial charge in [0, 0.05) is 55.0 Å². The molecule has 1 aliphatic rings. The number of benzene rings is 2. The molecule has 1 saturated heterocycles. The lowest BCUT2D eigenvalue weighted by Gasteiger charge is -2.34. The van der Waals surface area contributed by atoms with Crippen molar-refractivity contribution in [2.45, 2.75) is 32.4 Å². The van der Waals surface area contributed by atoms with Crippen molar-refractivity contribution in [3.05, 3.63) is 59.0 Å². The lowest BCUT2D eigenvalue weighted by Crippen LogP contribution is -2.44. The molecule has 1 aliphatic heterocycles. The van der Waals surface area contributed by atoms with Crippen LogP contribution < -0.4 is 20.3 Å². The van der Waals surface area contributed by atoms with Crippen LogP contribution in [-0.4, -0.2) is 61.3 Å². The largest absolute Gasteiger partial charge is 0.369 e. The zero-order chi connectivity index (χ0) is 27.7. The van der Waals surface area contributed by atoms with E-state index in [4.69, 9.17) is 11.6 Å². The molecule has 1 aromatic heterocycles. The van der Waals surface area contributed by atoms with Crippen LogP contribution >= 0.6 is 11.6 Å². The van der Waals surface area contributed by atoms with Gasteiger partial charge < -0.3 is 20.4 Å². The van der Waals surface area contributed by atoms with Crippen LogP contribution in [0, 0.1) is 12.7 Å². The van der Waals surface area contributed by atoms with Crippen molar-refractivity contribution in [3.63, 3.8) is 0 Å². The van der Waals surface area contributed by atoms with Crippen molar-refractivity contribution in [2.75, 3.05) is 53.5 Å². The summed E-state index contributed by atoms with van der Waals surface area (Å²) in [5.74, 6) is 0.446. The quantitative estimate of drug-likeness (QED) is 0.354. The van der Waals surface area contributed by atoms with E-state index in [0.717, 1.165) is 37.4 Å². The van der Waals surface area contributed by atoms with Crippen molar-refractivity contribution >= 4 is 56.1 Å². The molecule has 204 valence electrons. The van der Waals surface area contributed by atoms with E-state index < -0.39 is 14.8 Å². The molecule has 2 aromatic carbocycles. The molecule has 0 amide bonds. The van der Waals surface area contributed by atoms with Crippen LogP contribution in [0.15, 0.2) is 42.6 Å². The Morgan fingerprint density at radius 1 is 1.00 bits per heavy atom. The number of nitrogens with zero attached hydrogens (tertiary/aromatic N) is 4. The third-order valence-corrected chi connectivity index (χ3v) is 8.69. The number of anilines is 6. The summed E-state index contributed by atoms with van der Waals surface area (Å²) < 4.78 is 41.3. The van der Waals surface area contributed by atoms with Crippen molar-refractivity contribution in [2.24, 2.45) is 0 Å². The van der Waals surface area contributed by atoms with Crippen molar-refractivity contribution in [1.29, 1.82) is 0 Å². The van der Waals surface area contributed by atoms with Gasteiger partial charge >= 0.3 is 0 Å². The molecular weight excluding hydrogens is 529 g/mol. The second-order valence-corrected chi connectivity index (χ2v) is 13.2. The minimum Gasteiger partial charge on any atom is -0.369 e. The highest BCUT2D eigenvalue weighted by molar-refractivity contribution is 7.94. The van der Waals surface area contributed by atoms with Crippen LogP contribution in [-0.2, 0) is 10.0 Å². The summed E-state index contributed by atoms with van der Waals surface area (Å²) in [4.78, 5) is 13.3. The number of aromatic nitrogens is 2. The summed E-state index contributed by atoms with van der Waals surface area (Å²) in [5.41, 5.74) is 2.95. The van der Waals surface area contributed by atoms with Gasteiger partial charge in [-0.15, -0.1) is 0 Å². The van der Waals surface area contributed by atoms with E-state index in [-0.39, 0.29) is 22.5 Å². The average molecular weight is 562 g/mol. The molecule has 9 nitrogen and oxygen atoms in total. The molecule has 0 atom stereocenters. The van der Waals surface area contributed by atoms with Gasteiger partial charge in [0.05, 0.1) is 15.5 Å². The summed E-state index contributed by atoms with van der Waals surface area (Å²) in [6.07, 6.45) is 1.65. The van der Waals surface area contributed by atoms with E-state index in [0.29, 0.717) is 17.2 Å². The number of aryl methyl sites for hydroxylation is 1. The van der Waals surface area contributed by atoms with Gasteiger partial charge in [-0.05, 0) is 71.1 Å². The first-order valence-corrected chi connectivity index (χ1v) is 14.1. The Kier molecular flexibility index (Phi) is 8.01. The third kappa shape index (κ3) is 6.64. The maximum absolute atomic E-state index is 14.5. The number of piperazine rings is 1. The standard InChI is InChI=1S/C26H33ClFN7O2S/c1-17-16-29-25(31-20-12-18(28)13-21(14-20)35-10-8-34(5)9-11-35)32-24(17)30-19-6-7-22(27)23(15-19)33-38(36,37)26(2,3)4/h6-7,12-16,33H,8-11H2,1-5H3,(H2,29,30,31,32). The highest BCUT2D eigenvalue weighted by atomic mass is 35.5. The maximum atomic E-state index is 14.5. The summed E-state index contributed by atoms with van der Waals surface area (Å²) >= 11 is 6.26. The van der Waals surface area contributed by atoms with Crippen LogP contribution in [0.25, 0.3) is 0 Å². The molecule has 38 heavy (non-hydrogen) atoms. The minimum atomic E-state index is -3.66. The molecule has 2 heterocycles. The van der Waals surface area contributed by atoms with Crippen LogP contribution in [0.2, 0.25) is 5.02 Å². The molecule has 1 fully saturated rings. The Morgan fingerprint density at radius 2 is 1.71 bits per heavy atom. The van der Waals surface area contributed by atoms with Gasteiger partial charge in [0.1, 0.15) is 11.6 Å². The molecule has 0 unspecified atom stereocenters. The van der Waals surface area contributed by atoms with Gasteiger partial charge in [0.25, 0.3) is 0 Å².